The number of nitrogens with one attached hydrogen (secondary N) is 1. The summed E-state index contributed by atoms with van der Waals surface area (Å²) in [6.07, 6.45) is 1.16. The van der Waals surface area contributed by atoms with Crippen molar-refractivity contribution in [2.24, 2.45) is 0 Å². The number of hydrogen-bond acceptors (Lipinski definition) is 3. The number of nitrogens with zero attached hydrogens (tertiary/aromatic N) is 1. The first-order chi connectivity index (χ1) is 8.72. The number of anilines is 1. The van der Waals surface area contributed by atoms with E-state index in [0.717, 1.165) is 6.42 Å². The van der Waals surface area contributed by atoms with Crippen molar-refractivity contribution in [3.05, 3.63) is 30.1 Å². The molecule has 18 heavy (non-hydrogen) atoms. The summed E-state index contributed by atoms with van der Waals surface area (Å²) < 4.78 is 13.3. The number of aliphatic hydroxyl groups excluding tert-OH is 1. The second-order valence-corrected chi connectivity index (χ2v) is 4.35. The molecule has 1 aliphatic heterocycles. The van der Waals surface area contributed by atoms with E-state index in [4.69, 9.17) is 5.11 Å². The minimum absolute atomic E-state index is 0.0656. The fourth-order valence-electron chi connectivity index (χ4n) is 2.25. The Morgan fingerprint density at radius 1 is 1.50 bits per heavy atom. The van der Waals surface area contributed by atoms with E-state index < -0.39 is 6.04 Å². The predicted octanol–water partition coefficient (Wildman–Crippen LogP) is 0.903. The molecular formula is C13H17FN2O2. The first-order valence-electron chi connectivity index (χ1n) is 6.13. The predicted molar refractivity (Wildman–Crippen MR) is 66.9 cm³/mol. The maximum Gasteiger partial charge on any atom is 0.242 e. The molecule has 1 fully saturated rings. The lowest BCUT2D eigenvalue weighted by atomic mass is 10.1. The maximum atomic E-state index is 13.3. The van der Waals surface area contributed by atoms with Crippen LogP contribution in [-0.2, 0) is 4.79 Å². The molecule has 0 aromatic heterocycles. The van der Waals surface area contributed by atoms with Crippen LogP contribution in [0.2, 0.25) is 0 Å². The largest absolute Gasteiger partial charge is 0.396 e. The summed E-state index contributed by atoms with van der Waals surface area (Å²) in [5, 5.41) is 11.9. The van der Waals surface area contributed by atoms with Gasteiger partial charge in [-0.15, -0.1) is 0 Å². The smallest absolute Gasteiger partial charge is 0.242 e. The summed E-state index contributed by atoms with van der Waals surface area (Å²) in [5.41, 5.74) is 0.686. The number of amides is 1. The van der Waals surface area contributed by atoms with Crippen LogP contribution in [0.25, 0.3) is 0 Å². The molecule has 98 valence electrons. The fourth-order valence-corrected chi connectivity index (χ4v) is 2.25. The van der Waals surface area contributed by atoms with E-state index in [1.165, 1.54) is 12.1 Å². The third kappa shape index (κ3) is 2.79. The van der Waals surface area contributed by atoms with Crippen LogP contribution in [0.4, 0.5) is 10.1 Å². The maximum absolute atomic E-state index is 13.3. The summed E-state index contributed by atoms with van der Waals surface area (Å²) in [5.74, 6) is -0.425. The van der Waals surface area contributed by atoms with E-state index in [-0.39, 0.29) is 18.3 Å². The Morgan fingerprint density at radius 2 is 2.33 bits per heavy atom. The van der Waals surface area contributed by atoms with E-state index in [2.05, 4.69) is 5.32 Å². The normalized spacial score (nSPS) is 20.4. The number of carbonyl (C=O) groups excluding carboxylic acids is 1. The van der Waals surface area contributed by atoms with Gasteiger partial charge in [0.15, 0.2) is 0 Å². The minimum atomic E-state index is -0.431. The van der Waals surface area contributed by atoms with Crippen molar-refractivity contribution in [1.29, 1.82) is 0 Å². The van der Waals surface area contributed by atoms with Gasteiger partial charge in [-0.3, -0.25) is 4.79 Å². The van der Waals surface area contributed by atoms with Gasteiger partial charge in [0.05, 0.1) is 0 Å². The molecule has 1 aromatic carbocycles. The second-order valence-electron chi connectivity index (χ2n) is 4.35. The Hall–Kier alpha value is -1.62. The number of rotatable bonds is 3. The van der Waals surface area contributed by atoms with Crippen LogP contribution in [0.5, 0.6) is 0 Å². The Bertz CT molecular complexity index is 425. The summed E-state index contributed by atoms with van der Waals surface area (Å²) in [7, 11) is 0. The fraction of sp³-hybridized carbons (Fsp3) is 0.462. The van der Waals surface area contributed by atoms with Crippen LogP contribution in [0.15, 0.2) is 24.3 Å². The summed E-state index contributed by atoms with van der Waals surface area (Å²) in [6.45, 7) is 1.23. The van der Waals surface area contributed by atoms with E-state index in [0.29, 0.717) is 25.2 Å². The molecule has 0 aliphatic carbocycles. The van der Waals surface area contributed by atoms with Gasteiger partial charge in [-0.25, -0.2) is 4.39 Å². The summed E-state index contributed by atoms with van der Waals surface area (Å²) >= 11 is 0. The van der Waals surface area contributed by atoms with Crippen molar-refractivity contribution in [3.63, 3.8) is 0 Å². The van der Waals surface area contributed by atoms with Crippen molar-refractivity contribution in [3.8, 4) is 0 Å². The molecule has 1 aliphatic rings. The Balaban J connectivity index is 2.28. The lowest BCUT2D eigenvalue weighted by Crippen LogP contribution is -2.45. The number of benzene rings is 1. The van der Waals surface area contributed by atoms with Crippen LogP contribution in [0.1, 0.15) is 12.8 Å². The molecular weight excluding hydrogens is 235 g/mol. The van der Waals surface area contributed by atoms with Crippen molar-refractivity contribution in [2.45, 2.75) is 18.9 Å². The van der Waals surface area contributed by atoms with E-state index in [1.54, 1.807) is 12.1 Å². The Morgan fingerprint density at radius 3 is 3.06 bits per heavy atom. The molecule has 2 N–H and O–H groups in total. The van der Waals surface area contributed by atoms with Crippen molar-refractivity contribution in [1.82, 2.24) is 5.32 Å². The van der Waals surface area contributed by atoms with Crippen LogP contribution >= 0.6 is 0 Å². The summed E-state index contributed by atoms with van der Waals surface area (Å²) in [4.78, 5) is 13.8. The molecule has 0 spiro atoms. The zero-order valence-electron chi connectivity index (χ0n) is 10.1. The zero-order chi connectivity index (χ0) is 13.0. The van der Waals surface area contributed by atoms with E-state index in [9.17, 15) is 9.18 Å². The van der Waals surface area contributed by atoms with Crippen LogP contribution in [0, 0.1) is 5.82 Å². The van der Waals surface area contributed by atoms with Crippen LogP contribution in [-0.4, -0.2) is 36.8 Å². The Kier molecular flexibility index (Phi) is 4.15. The number of halogens is 1. The molecule has 1 heterocycles. The topological polar surface area (TPSA) is 52.6 Å². The quantitative estimate of drug-likeness (QED) is 0.840. The highest BCUT2D eigenvalue weighted by molar-refractivity contribution is 5.85. The van der Waals surface area contributed by atoms with Gasteiger partial charge in [0.2, 0.25) is 5.91 Å². The summed E-state index contributed by atoms with van der Waals surface area (Å²) in [6, 6.07) is 5.78. The highest BCUT2D eigenvalue weighted by Crippen LogP contribution is 2.21. The number of carbonyl (C=O) groups is 1. The molecule has 0 radical (unpaired) electrons. The molecule has 0 bridgehead atoms. The lowest BCUT2D eigenvalue weighted by Gasteiger charge is -2.30. The zero-order valence-corrected chi connectivity index (χ0v) is 10.1. The van der Waals surface area contributed by atoms with Gasteiger partial charge in [0, 0.05) is 25.4 Å². The average molecular weight is 252 g/mol. The van der Waals surface area contributed by atoms with Gasteiger partial charge >= 0.3 is 0 Å². The lowest BCUT2D eigenvalue weighted by molar-refractivity contribution is -0.122. The van der Waals surface area contributed by atoms with Crippen molar-refractivity contribution < 1.29 is 14.3 Å². The van der Waals surface area contributed by atoms with Gasteiger partial charge in [0.25, 0.3) is 0 Å². The molecule has 1 atom stereocenters. The molecule has 2 rings (SSSR count). The van der Waals surface area contributed by atoms with E-state index in [1.807, 2.05) is 4.90 Å². The van der Waals surface area contributed by atoms with Gasteiger partial charge in [-0.2, -0.15) is 0 Å². The van der Waals surface area contributed by atoms with Gasteiger partial charge < -0.3 is 15.3 Å². The molecule has 0 saturated carbocycles. The molecule has 5 heteroatoms. The average Bonchev–Trinajstić information content (AvgIpc) is 2.53. The standard InChI is InChI=1S/C13H17FN2O2/c14-10-3-1-4-11(9-10)16-7-2-6-15-13(18)12(16)5-8-17/h1,3-4,9,12,17H,2,5-8H2,(H,15,18). The third-order valence-electron chi connectivity index (χ3n) is 3.10. The molecule has 1 unspecified atom stereocenters. The van der Waals surface area contributed by atoms with Crippen LogP contribution < -0.4 is 10.2 Å². The third-order valence-corrected chi connectivity index (χ3v) is 3.10. The van der Waals surface area contributed by atoms with Crippen molar-refractivity contribution in [2.75, 3.05) is 24.6 Å². The van der Waals surface area contributed by atoms with Crippen molar-refractivity contribution >= 4 is 11.6 Å². The Labute approximate surface area is 105 Å². The molecule has 1 aromatic rings. The number of aliphatic hydroxyl groups is 1. The first kappa shape index (κ1) is 12.8. The highest BCUT2D eigenvalue weighted by Gasteiger charge is 2.27. The highest BCUT2D eigenvalue weighted by atomic mass is 19.1. The SMILES string of the molecule is O=C1NCCCN(c2cccc(F)c2)C1CCO. The van der Waals surface area contributed by atoms with Gasteiger partial charge in [-0.05, 0) is 31.0 Å². The molecule has 1 amide bonds. The monoisotopic (exact) mass is 252 g/mol. The number of hydrogen-bond donors (Lipinski definition) is 2. The van der Waals surface area contributed by atoms with Gasteiger partial charge in [-0.1, -0.05) is 6.07 Å². The minimum Gasteiger partial charge on any atom is -0.396 e. The first-order valence-corrected chi connectivity index (χ1v) is 6.13. The van der Waals surface area contributed by atoms with Crippen LogP contribution in [0.3, 0.4) is 0 Å². The van der Waals surface area contributed by atoms with Gasteiger partial charge in [0.1, 0.15) is 11.9 Å². The second kappa shape index (κ2) is 5.82. The molecule has 1 saturated heterocycles. The molecule has 4 nitrogen and oxygen atoms in total. The van der Waals surface area contributed by atoms with E-state index >= 15 is 0 Å².